The molecule has 8 unspecified atom stereocenters. The van der Waals surface area contributed by atoms with Gasteiger partial charge in [-0.3, -0.25) is 0 Å². The van der Waals surface area contributed by atoms with Crippen molar-refractivity contribution in [3.05, 3.63) is 70.3 Å². The van der Waals surface area contributed by atoms with Gasteiger partial charge in [-0.1, -0.05) is 42.5 Å². The Bertz CT molecular complexity index is 1110. The molecule has 38 heavy (non-hydrogen) atoms. The Kier molecular flexibility index (Phi) is 7.92. The lowest BCUT2D eigenvalue weighted by molar-refractivity contribution is -0.231. The molecule has 0 radical (unpaired) electrons. The Morgan fingerprint density at radius 1 is 0.605 bits per heavy atom. The van der Waals surface area contributed by atoms with E-state index >= 15 is 0 Å². The van der Waals surface area contributed by atoms with Crippen LogP contribution in [-0.2, 0) is 9.47 Å². The molecule has 0 aromatic heterocycles. The molecule has 10 heteroatoms. The van der Waals surface area contributed by atoms with Gasteiger partial charge in [0, 0.05) is 0 Å². The number of ether oxygens (including phenoxy) is 2. The largest absolute Gasteiger partial charge is 0.394 e. The molecule has 3 aliphatic rings. The topological polar surface area (TPSA) is 180 Å². The minimum absolute atomic E-state index is 0.288. The Labute approximate surface area is 220 Å². The summed E-state index contributed by atoms with van der Waals surface area (Å²) in [6.45, 7) is 0.947. The molecule has 1 aliphatic carbocycles. The lowest BCUT2D eigenvalue weighted by Gasteiger charge is -2.40. The van der Waals surface area contributed by atoms with Gasteiger partial charge in [-0.15, -0.1) is 0 Å². The summed E-state index contributed by atoms with van der Waals surface area (Å²) in [5.41, 5.74) is 4.43. The highest BCUT2D eigenvalue weighted by Crippen LogP contribution is 2.55. The normalized spacial score (nSPS) is 41.2. The minimum atomic E-state index is -1.43. The number of aliphatic hydroxyl groups excluding tert-OH is 8. The quantitative estimate of drug-likeness (QED) is 0.237. The third kappa shape index (κ3) is 4.90. The summed E-state index contributed by atoms with van der Waals surface area (Å²) < 4.78 is 11.4. The maximum Gasteiger partial charge on any atom is 0.113 e. The predicted octanol–water partition coefficient (Wildman–Crippen LogP) is -0.704. The minimum Gasteiger partial charge on any atom is -0.394 e. The second-order valence-electron chi connectivity index (χ2n) is 10.7. The van der Waals surface area contributed by atoms with E-state index in [0.717, 1.165) is 23.1 Å². The number of hydrogen-bond donors (Lipinski definition) is 8. The fourth-order valence-electron chi connectivity index (χ4n) is 5.85. The van der Waals surface area contributed by atoms with E-state index in [1.165, 1.54) is 0 Å². The lowest BCUT2D eigenvalue weighted by Crippen LogP contribution is -2.55. The van der Waals surface area contributed by atoms with Gasteiger partial charge in [-0.2, -0.15) is 0 Å². The number of benzene rings is 2. The molecule has 0 spiro atoms. The Hall–Kier alpha value is -1.96. The second-order valence-corrected chi connectivity index (χ2v) is 10.7. The van der Waals surface area contributed by atoms with E-state index in [0.29, 0.717) is 11.1 Å². The second kappa shape index (κ2) is 10.9. The van der Waals surface area contributed by atoms with Crippen molar-refractivity contribution in [1.82, 2.24) is 0 Å². The molecule has 12 atom stereocenters. The fourth-order valence-corrected chi connectivity index (χ4v) is 5.85. The molecular weight excluding hydrogens is 496 g/mol. The van der Waals surface area contributed by atoms with Crippen molar-refractivity contribution in [1.29, 1.82) is 0 Å². The first-order chi connectivity index (χ1) is 18.2. The van der Waals surface area contributed by atoms with E-state index < -0.39 is 74.3 Å². The monoisotopic (exact) mass is 532 g/mol. The molecule has 2 heterocycles. The van der Waals surface area contributed by atoms with Crippen LogP contribution in [0.15, 0.2) is 42.5 Å². The van der Waals surface area contributed by atoms with Crippen LogP contribution in [0.25, 0.3) is 0 Å². The van der Waals surface area contributed by atoms with Crippen LogP contribution in [0.3, 0.4) is 0 Å². The Balaban J connectivity index is 1.27. The highest BCUT2D eigenvalue weighted by atomic mass is 16.6. The number of hydrogen-bond acceptors (Lipinski definition) is 10. The van der Waals surface area contributed by atoms with Gasteiger partial charge in [0.1, 0.15) is 61.0 Å². The van der Waals surface area contributed by atoms with E-state index in [-0.39, 0.29) is 11.8 Å². The van der Waals surface area contributed by atoms with E-state index in [2.05, 4.69) is 0 Å². The van der Waals surface area contributed by atoms with Gasteiger partial charge >= 0.3 is 0 Å². The van der Waals surface area contributed by atoms with Crippen molar-refractivity contribution in [2.24, 2.45) is 0 Å². The van der Waals surface area contributed by atoms with E-state index in [4.69, 9.17) is 9.47 Å². The number of aliphatic hydroxyl groups is 8. The maximum absolute atomic E-state index is 10.5. The van der Waals surface area contributed by atoms with E-state index in [1.54, 1.807) is 0 Å². The summed E-state index contributed by atoms with van der Waals surface area (Å²) in [7, 11) is 0. The van der Waals surface area contributed by atoms with Crippen LogP contribution in [0.4, 0.5) is 0 Å². The molecule has 2 aliphatic heterocycles. The van der Waals surface area contributed by atoms with Gasteiger partial charge in [0.2, 0.25) is 0 Å². The first-order valence-corrected chi connectivity index (χ1v) is 13.0. The zero-order valence-corrected chi connectivity index (χ0v) is 21.0. The average molecular weight is 533 g/mol. The molecule has 3 fully saturated rings. The molecule has 8 N–H and O–H groups in total. The smallest absolute Gasteiger partial charge is 0.113 e. The van der Waals surface area contributed by atoms with Crippen LogP contribution in [0.5, 0.6) is 0 Å². The summed E-state index contributed by atoms with van der Waals surface area (Å²) in [5, 5.41) is 80.1. The van der Waals surface area contributed by atoms with Crippen molar-refractivity contribution < 1.29 is 50.3 Å². The molecule has 5 rings (SSSR count). The third-order valence-corrected chi connectivity index (χ3v) is 8.30. The summed E-state index contributed by atoms with van der Waals surface area (Å²) >= 11 is 0. The first-order valence-electron chi connectivity index (χ1n) is 13.0. The molecule has 10 nitrogen and oxygen atoms in total. The molecule has 2 aromatic carbocycles. The molecule has 1 saturated carbocycles. The molecule has 208 valence electrons. The van der Waals surface area contributed by atoms with Crippen molar-refractivity contribution >= 4 is 0 Å². The van der Waals surface area contributed by atoms with E-state index in [9.17, 15) is 40.9 Å². The van der Waals surface area contributed by atoms with Crippen LogP contribution >= 0.6 is 0 Å². The Morgan fingerprint density at radius 3 is 1.63 bits per heavy atom. The lowest BCUT2D eigenvalue weighted by atomic mass is 9.88. The van der Waals surface area contributed by atoms with Crippen LogP contribution in [-0.4, -0.2) is 103 Å². The van der Waals surface area contributed by atoms with Gasteiger partial charge in [-0.25, -0.2) is 0 Å². The van der Waals surface area contributed by atoms with Gasteiger partial charge in [0.25, 0.3) is 0 Å². The number of rotatable bonds is 6. The summed E-state index contributed by atoms with van der Waals surface area (Å²) in [5.74, 6) is 0.576. The zero-order valence-electron chi connectivity index (χ0n) is 21.0. The summed E-state index contributed by atoms with van der Waals surface area (Å²) in [4.78, 5) is 0. The standard InChI is InChI=1S/C28H36O10/c1-12-8-15(6-7-16(12)28-26(36)24(34)22(32)20(11-30)38-28)18-9-17(18)13-2-4-14(5-3-13)27-25(35)23(33)21(31)19(10-29)37-27/h2-8,17-36H,9-11H2,1H3/t17?,18?,19?,20?,21-,22-,23?,24?,25?,26?,27-,28-/m1/s1. The molecular formula is C28H36O10. The maximum atomic E-state index is 10.5. The fraction of sp³-hybridized carbons (Fsp3) is 0.571. The van der Waals surface area contributed by atoms with Crippen molar-refractivity contribution in [3.63, 3.8) is 0 Å². The predicted molar refractivity (Wildman–Crippen MR) is 133 cm³/mol. The van der Waals surface area contributed by atoms with Gasteiger partial charge in [0.15, 0.2) is 0 Å². The van der Waals surface area contributed by atoms with Gasteiger partial charge in [-0.05, 0) is 53.0 Å². The van der Waals surface area contributed by atoms with Crippen LogP contribution in [0, 0.1) is 6.92 Å². The summed E-state index contributed by atoms with van der Waals surface area (Å²) in [6, 6.07) is 13.4. The third-order valence-electron chi connectivity index (χ3n) is 8.30. The first kappa shape index (κ1) is 27.6. The Morgan fingerprint density at radius 2 is 1.08 bits per heavy atom. The van der Waals surface area contributed by atoms with Crippen LogP contribution < -0.4 is 0 Å². The SMILES string of the molecule is Cc1cc(C2CC2c2ccc([C@H]3OC(CO)[C@@H](O)C(O)C3O)cc2)ccc1[C@H]1OC(CO)[C@@H](O)C(O)C1O. The molecule has 2 saturated heterocycles. The van der Waals surface area contributed by atoms with Crippen LogP contribution in [0.1, 0.15) is 58.3 Å². The van der Waals surface area contributed by atoms with E-state index in [1.807, 2.05) is 49.4 Å². The summed E-state index contributed by atoms with van der Waals surface area (Å²) in [6.07, 6.45) is -11.0. The van der Waals surface area contributed by atoms with Crippen molar-refractivity contribution in [3.8, 4) is 0 Å². The average Bonchev–Trinajstić information content (AvgIpc) is 3.72. The van der Waals surface area contributed by atoms with Gasteiger partial charge < -0.3 is 50.3 Å². The highest BCUT2D eigenvalue weighted by molar-refractivity contribution is 5.42. The zero-order chi connectivity index (χ0) is 27.3. The number of aryl methyl sites for hydroxylation is 1. The molecule has 0 bridgehead atoms. The van der Waals surface area contributed by atoms with Crippen molar-refractivity contribution in [2.45, 2.75) is 86.2 Å². The highest BCUT2D eigenvalue weighted by Gasteiger charge is 2.46. The van der Waals surface area contributed by atoms with Crippen LogP contribution in [0.2, 0.25) is 0 Å². The van der Waals surface area contributed by atoms with Gasteiger partial charge in [0.05, 0.1) is 13.2 Å². The molecule has 2 aromatic rings. The van der Waals surface area contributed by atoms with Crippen molar-refractivity contribution in [2.75, 3.05) is 13.2 Å². The molecule has 0 amide bonds.